The van der Waals surface area contributed by atoms with E-state index in [2.05, 4.69) is 10.0 Å². The molecule has 0 aliphatic heterocycles. The van der Waals surface area contributed by atoms with E-state index in [1.165, 1.54) is 24.3 Å². The first kappa shape index (κ1) is 22.2. The van der Waals surface area contributed by atoms with Gasteiger partial charge in [-0.3, -0.25) is 9.52 Å². The molecule has 10 heteroatoms. The molecule has 162 valence electrons. The van der Waals surface area contributed by atoms with Gasteiger partial charge in [-0.25, -0.2) is 8.42 Å². The van der Waals surface area contributed by atoms with Crippen molar-refractivity contribution in [2.24, 2.45) is 0 Å². The Kier molecular flexibility index (Phi) is 6.50. The number of hydrogen-bond donors (Lipinski definition) is 2. The maximum Gasteiger partial charge on any atom is 0.416 e. The van der Waals surface area contributed by atoms with Gasteiger partial charge in [-0.05, 0) is 60.7 Å². The van der Waals surface area contributed by atoms with E-state index in [0.29, 0.717) is 5.69 Å². The van der Waals surface area contributed by atoms with Crippen molar-refractivity contribution in [3.63, 3.8) is 0 Å². The van der Waals surface area contributed by atoms with Crippen molar-refractivity contribution >= 4 is 27.3 Å². The number of benzene rings is 3. The molecule has 3 rings (SSSR count). The van der Waals surface area contributed by atoms with E-state index in [9.17, 15) is 26.4 Å². The fourth-order valence-corrected chi connectivity index (χ4v) is 3.58. The lowest BCUT2D eigenvalue weighted by molar-refractivity contribution is -0.137. The summed E-state index contributed by atoms with van der Waals surface area (Å²) in [5.41, 5.74) is -0.212. The van der Waals surface area contributed by atoms with Crippen LogP contribution in [0.15, 0.2) is 83.8 Å². The van der Waals surface area contributed by atoms with Gasteiger partial charge < -0.3 is 10.1 Å². The predicted octanol–water partition coefficient (Wildman–Crippen LogP) is 4.52. The first-order valence-corrected chi connectivity index (χ1v) is 10.4. The molecule has 0 bridgehead atoms. The average molecular weight is 450 g/mol. The van der Waals surface area contributed by atoms with Gasteiger partial charge in [0.05, 0.1) is 10.5 Å². The van der Waals surface area contributed by atoms with E-state index in [4.69, 9.17) is 4.74 Å². The van der Waals surface area contributed by atoms with Gasteiger partial charge in [0.25, 0.3) is 15.9 Å². The predicted molar refractivity (Wildman–Crippen MR) is 109 cm³/mol. The van der Waals surface area contributed by atoms with Crippen molar-refractivity contribution in [3.05, 3.63) is 84.4 Å². The van der Waals surface area contributed by atoms with Crippen molar-refractivity contribution in [1.82, 2.24) is 0 Å². The molecule has 31 heavy (non-hydrogen) atoms. The molecule has 1 amide bonds. The Hall–Kier alpha value is -3.53. The summed E-state index contributed by atoms with van der Waals surface area (Å²) in [6.07, 6.45) is -4.46. The highest BCUT2D eigenvalue weighted by Crippen LogP contribution is 2.29. The van der Waals surface area contributed by atoms with Crippen LogP contribution in [0, 0.1) is 0 Å². The Labute approximate surface area is 176 Å². The van der Waals surface area contributed by atoms with Crippen LogP contribution in [-0.4, -0.2) is 20.9 Å². The quantitative estimate of drug-likeness (QED) is 0.554. The monoisotopic (exact) mass is 450 g/mol. The van der Waals surface area contributed by atoms with E-state index < -0.39 is 34.3 Å². The van der Waals surface area contributed by atoms with Crippen LogP contribution in [-0.2, 0) is 21.0 Å². The Morgan fingerprint density at radius 1 is 0.839 bits per heavy atom. The normalized spacial score (nSPS) is 11.6. The van der Waals surface area contributed by atoms with Crippen LogP contribution in [0.25, 0.3) is 0 Å². The number of para-hydroxylation sites is 1. The number of carbonyl (C=O) groups is 1. The molecule has 0 fully saturated rings. The first-order chi connectivity index (χ1) is 14.6. The molecule has 0 saturated heterocycles. The van der Waals surface area contributed by atoms with E-state index in [0.717, 1.165) is 24.3 Å². The number of halogens is 3. The summed E-state index contributed by atoms with van der Waals surface area (Å²) < 4.78 is 70.2. The molecule has 0 radical (unpaired) electrons. The van der Waals surface area contributed by atoms with Crippen LogP contribution in [0.3, 0.4) is 0 Å². The van der Waals surface area contributed by atoms with E-state index >= 15 is 0 Å². The summed E-state index contributed by atoms with van der Waals surface area (Å²) in [5.74, 6) is -0.330. The molecular weight excluding hydrogens is 433 g/mol. The summed E-state index contributed by atoms with van der Waals surface area (Å²) in [7, 11) is -3.78. The van der Waals surface area contributed by atoms with Gasteiger partial charge in [0.1, 0.15) is 5.75 Å². The maximum atomic E-state index is 12.6. The minimum Gasteiger partial charge on any atom is -0.484 e. The SMILES string of the molecule is O=C(COc1ccc(S(=O)(=O)Nc2ccccc2)cc1)Nc1ccc(C(F)(F)F)cc1. The number of sulfonamides is 1. The highest BCUT2D eigenvalue weighted by atomic mass is 32.2. The number of rotatable bonds is 7. The summed E-state index contributed by atoms with van der Waals surface area (Å²) in [4.78, 5) is 11.9. The lowest BCUT2D eigenvalue weighted by atomic mass is 10.2. The second-order valence-corrected chi connectivity index (χ2v) is 8.04. The number of carbonyl (C=O) groups excluding carboxylic acids is 1. The number of ether oxygens (including phenoxy) is 1. The van der Waals surface area contributed by atoms with Crippen molar-refractivity contribution in [2.45, 2.75) is 11.1 Å². The second kappa shape index (κ2) is 9.09. The maximum absolute atomic E-state index is 12.6. The third kappa shape index (κ3) is 6.22. The zero-order valence-electron chi connectivity index (χ0n) is 15.9. The molecule has 0 aromatic heterocycles. The van der Waals surface area contributed by atoms with Crippen molar-refractivity contribution < 1.29 is 31.1 Å². The number of alkyl halides is 3. The van der Waals surface area contributed by atoms with Crippen LogP contribution in [0.4, 0.5) is 24.5 Å². The third-order valence-corrected chi connectivity index (χ3v) is 5.42. The van der Waals surface area contributed by atoms with Crippen LogP contribution in [0.5, 0.6) is 5.75 Å². The zero-order valence-corrected chi connectivity index (χ0v) is 16.7. The number of anilines is 2. The Morgan fingerprint density at radius 2 is 1.45 bits per heavy atom. The summed E-state index contributed by atoms with van der Waals surface area (Å²) >= 11 is 0. The summed E-state index contributed by atoms with van der Waals surface area (Å²) in [6.45, 7) is -0.407. The van der Waals surface area contributed by atoms with Crippen LogP contribution >= 0.6 is 0 Å². The minimum absolute atomic E-state index is 0.0120. The lowest BCUT2D eigenvalue weighted by Gasteiger charge is -2.11. The first-order valence-electron chi connectivity index (χ1n) is 8.91. The van der Waals surface area contributed by atoms with Crippen molar-refractivity contribution in [2.75, 3.05) is 16.6 Å². The van der Waals surface area contributed by atoms with Crippen LogP contribution in [0.1, 0.15) is 5.56 Å². The highest BCUT2D eigenvalue weighted by Gasteiger charge is 2.30. The molecule has 0 unspecified atom stereocenters. The smallest absolute Gasteiger partial charge is 0.416 e. The average Bonchev–Trinajstić information content (AvgIpc) is 2.73. The molecule has 3 aromatic rings. The lowest BCUT2D eigenvalue weighted by Crippen LogP contribution is -2.20. The standard InChI is InChI=1S/C21H17F3N2O4S/c22-21(23,24)15-6-8-16(9-7-15)25-20(27)14-30-18-10-12-19(13-11-18)31(28,29)26-17-4-2-1-3-5-17/h1-13,26H,14H2,(H,25,27). The number of amides is 1. The molecule has 3 aromatic carbocycles. The van der Waals surface area contributed by atoms with Gasteiger partial charge in [0.2, 0.25) is 0 Å². The van der Waals surface area contributed by atoms with Gasteiger partial charge in [0.15, 0.2) is 6.61 Å². The zero-order chi connectivity index (χ0) is 22.5. The molecule has 0 atom stereocenters. The fourth-order valence-electron chi connectivity index (χ4n) is 2.52. The molecule has 6 nitrogen and oxygen atoms in total. The Morgan fingerprint density at radius 3 is 2.03 bits per heavy atom. The van der Waals surface area contributed by atoms with Crippen LogP contribution in [0.2, 0.25) is 0 Å². The third-order valence-electron chi connectivity index (χ3n) is 4.03. The molecule has 0 saturated carbocycles. The van der Waals surface area contributed by atoms with Gasteiger partial charge in [-0.2, -0.15) is 13.2 Å². The van der Waals surface area contributed by atoms with Crippen LogP contribution < -0.4 is 14.8 Å². The van der Waals surface area contributed by atoms with Gasteiger partial charge in [-0.1, -0.05) is 18.2 Å². The Balaban J connectivity index is 1.54. The molecule has 0 aliphatic rings. The van der Waals surface area contributed by atoms with Crippen molar-refractivity contribution in [1.29, 1.82) is 0 Å². The molecule has 0 spiro atoms. The van der Waals surface area contributed by atoms with Gasteiger partial charge in [0, 0.05) is 11.4 Å². The van der Waals surface area contributed by atoms with E-state index in [-0.39, 0.29) is 16.3 Å². The minimum atomic E-state index is -4.46. The topological polar surface area (TPSA) is 84.5 Å². The molecule has 2 N–H and O–H groups in total. The number of hydrogen-bond acceptors (Lipinski definition) is 4. The van der Waals surface area contributed by atoms with Crippen molar-refractivity contribution in [3.8, 4) is 5.75 Å². The summed E-state index contributed by atoms with van der Waals surface area (Å²) in [5, 5.41) is 2.42. The van der Waals surface area contributed by atoms with Gasteiger partial charge in [-0.15, -0.1) is 0 Å². The fraction of sp³-hybridized carbons (Fsp3) is 0.0952. The largest absolute Gasteiger partial charge is 0.484 e. The molecule has 0 aliphatic carbocycles. The number of nitrogens with one attached hydrogen (secondary N) is 2. The molecular formula is C21H17F3N2O4S. The molecule has 0 heterocycles. The Bertz CT molecular complexity index is 1130. The van der Waals surface area contributed by atoms with E-state index in [1.807, 2.05) is 0 Å². The summed E-state index contributed by atoms with van der Waals surface area (Å²) in [6, 6.07) is 17.8. The second-order valence-electron chi connectivity index (χ2n) is 6.35. The van der Waals surface area contributed by atoms with E-state index in [1.54, 1.807) is 30.3 Å². The highest BCUT2D eigenvalue weighted by molar-refractivity contribution is 7.92. The van der Waals surface area contributed by atoms with Gasteiger partial charge >= 0.3 is 6.18 Å².